The van der Waals surface area contributed by atoms with Crippen molar-refractivity contribution in [2.24, 2.45) is 0 Å². The average Bonchev–Trinajstić information content (AvgIpc) is 2.35. The molecular weight excluding hydrogens is 220 g/mol. The highest BCUT2D eigenvalue weighted by molar-refractivity contribution is 5.77. The van der Waals surface area contributed by atoms with Crippen LogP contribution in [0.1, 0.15) is 18.3 Å². The lowest BCUT2D eigenvalue weighted by Gasteiger charge is -2.15. The number of carbonyl (C=O) groups is 1. The van der Waals surface area contributed by atoms with Gasteiger partial charge in [0.05, 0.1) is 6.61 Å². The van der Waals surface area contributed by atoms with E-state index >= 15 is 0 Å². The lowest BCUT2D eigenvalue weighted by molar-refractivity contribution is -0.131. The summed E-state index contributed by atoms with van der Waals surface area (Å²) in [7, 11) is 1.71. The van der Waals surface area contributed by atoms with Gasteiger partial charge in [0.15, 0.2) is 6.61 Å². The molecule has 5 nitrogen and oxygen atoms in total. The summed E-state index contributed by atoms with van der Waals surface area (Å²) in [6.07, 6.45) is 0. The zero-order valence-corrected chi connectivity index (χ0v) is 10.4. The van der Waals surface area contributed by atoms with Gasteiger partial charge in [-0.25, -0.2) is 0 Å². The Morgan fingerprint density at radius 2 is 2.24 bits per heavy atom. The van der Waals surface area contributed by atoms with Gasteiger partial charge >= 0.3 is 0 Å². The lowest BCUT2D eigenvalue weighted by Crippen LogP contribution is -2.31. The van der Waals surface area contributed by atoms with Gasteiger partial charge < -0.3 is 14.7 Å². The molecular formula is C12H18N2O3. The van der Waals surface area contributed by atoms with Crippen molar-refractivity contribution in [1.82, 2.24) is 9.88 Å². The van der Waals surface area contributed by atoms with Crippen molar-refractivity contribution >= 4 is 5.91 Å². The smallest absolute Gasteiger partial charge is 0.260 e. The van der Waals surface area contributed by atoms with E-state index in [2.05, 4.69) is 4.98 Å². The minimum atomic E-state index is -0.200. The number of hydrogen-bond acceptors (Lipinski definition) is 4. The Labute approximate surface area is 101 Å². The number of aliphatic hydroxyl groups excluding tert-OH is 1. The van der Waals surface area contributed by atoms with Gasteiger partial charge in [-0.1, -0.05) is 0 Å². The zero-order valence-electron chi connectivity index (χ0n) is 10.4. The molecule has 0 saturated heterocycles. The van der Waals surface area contributed by atoms with Crippen LogP contribution in [0.2, 0.25) is 0 Å². The van der Waals surface area contributed by atoms with Crippen LogP contribution in [-0.2, 0) is 11.4 Å². The molecule has 0 saturated carbocycles. The van der Waals surface area contributed by atoms with Gasteiger partial charge in [-0.05, 0) is 26.0 Å². The van der Waals surface area contributed by atoms with E-state index in [0.29, 0.717) is 18.0 Å². The molecule has 17 heavy (non-hydrogen) atoms. The topological polar surface area (TPSA) is 62.7 Å². The first kappa shape index (κ1) is 13.4. The minimum absolute atomic E-state index is 0.0396. The van der Waals surface area contributed by atoms with Crippen molar-refractivity contribution in [1.29, 1.82) is 0 Å². The van der Waals surface area contributed by atoms with Gasteiger partial charge in [-0.3, -0.25) is 9.78 Å². The van der Waals surface area contributed by atoms with Crippen LogP contribution in [0.15, 0.2) is 12.1 Å². The van der Waals surface area contributed by atoms with Crippen LogP contribution in [0.5, 0.6) is 5.75 Å². The molecule has 0 radical (unpaired) electrons. The number of rotatable bonds is 5. The first-order valence-electron chi connectivity index (χ1n) is 5.52. The highest BCUT2D eigenvalue weighted by Gasteiger charge is 2.10. The second-order valence-corrected chi connectivity index (χ2v) is 3.75. The van der Waals surface area contributed by atoms with E-state index in [1.165, 1.54) is 0 Å². The van der Waals surface area contributed by atoms with Crippen LogP contribution in [0, 0.1) is 6.92 Å². The second-order valence-electron chi connectivity index (χ2n) is 3.75. The van der Waals surface area contributed by atoms with Gasteiger partial charge in [0.1, 0.15) is 11.4 Å². The summed E-state index contributed by atoms with van der Waals surface area (Å²) in [5.41, 5.74) is 1.26. The molecule has 1 aromatic rings. The van der Waals surface area contributed by atoms with Gasteiger partial charge in [0.2, 0.25) is 0 Å². The third-order valence-electron chi connectivity index (χ3n) is 2.47. The van der Waals surface area contributed by atoms with Gasteiger partial charge in [-0.15, -0.1) is 0 Å². The Hall–Kier alpha value is -1.62. The summed E-state index contributed by atoms with van der Waals surface area (Å²) in [5, 5.41) is 9.13. The quantitative estimate of drug-likeness (QED) is 0.821. The van der Waals surface area contributed by atoms with Gasteiger partial charge in [0, 0.05) is 19.3 Å². The summed E-state index contributed by atoms with van der Waals surface area (Å²) in [6, 6.07) is 3.50. The minimum Gasteiger partial charge on any atom is -0.482 e. The Bertz CT molecular complexity index is 393. The Morgan fingerprint density at radius 3 is 2.82 bits per heavy atom. The first-order chi connectivity index (χ1) is 8.08. The van der Waals surface area contributed by atoms with Crippen molar-refractivity contribution in [3.05, 3.63) is 23.5 Å². The van der Waals surface area contributed by atoms with E-state index in [9.17, 15) is 4.79 Å². The van der Waals surface area contributed by atoms with Crippen molar-refractivity contribution < 1.29 is 14.6 Å². The first-order valence-corrected chi connectivity index (χ1v) is 5.52. The normalized spacial score (nSPS) is 10.1. The largest absolute Gasteiger partial charge is 0.482 e. The molecule has 0 aliphatic heterocycles. The second kappa shape index (κ2) is 6.20. The predicted octanol–water partition coefficient (Wildman–Crippen LogP) is 0.739. The van der Waals surface area contributed by atoms with Gasteiger partial charge in [-0.2, -0.15) is 0 Å². The van der Waals surface area contributed by atoms with Crippen LogP contribution in [0.25, 0.3) is 0 Å². The molecule has 0 aliphatic rings. The Kier molecular flexibility index (Phi) is 4.90. The fourth-order valence-corrected chi connectivity index (χ4v) is 1.27. The molecule has 0 aromatic carbocycles. The van der Waals surface area contributed by atoms with Crippen molar-refractivity contribution in [3.63, 3.8) is 0 Å². The number of aryl methyl sites for hydroxylation is 1. The number of nitrogens with zero attached hydrogens (tertiary/aromatic N) is 2. The maximum atomic E-state index is 11.5. The van der Waals surface area contributed by atoms with E-state index in [1.54, 1.807) is 24.1 Å². The number of aliphatic hydroxyl groups is 1. The highest BCUT2D eigenvalue weighted by atomic mass is 16.5. The number of aromatic nitrogens is 1. The molecule has 0 atom stereocenters. The number of hydrogen-bond donors (Lipinski definition) is 1. The summed E-state index contributed by atoms with van der Waals surface area (Å²) in [4.78, 5) is 17.2. The van der Waals surface area contributed by atoms with Crippen LogP contribution in [-0.4, -0.2) is 41.1 Å². The Balaban J connectivity index is 2.66. The SMILES string of the molecule is CCN(C)C(=O)COc1ccc(C)nc1CO. The molecule has 1 amide bonds. The van der Waals surface area contributed by atoms with E-state index in [-0.39, 0.29) is 19.1 Å². The van der Waals surface area contributed by atoms with E-state index in [0.717, 1.165) is 5.69 Å². The number of carbonyl (C=O) groups excluding carboxylic acids is 1. The molecule has 0 bridgehead atoms. The number of pyridine rings is 1. The van der Waals surface area contributed by atoms with Crippen LogP contribution in [0.4, 0.5) is 0 Å². The molecule has 0 unspecified atom stereocenters. The molecule has 0 fully saturated rings. The summed E-state index contributed by atoms with van der Waals surface area (Å²) in [6.45, 7) is 4.13. The van der Waals surface area contributed by atoms with Crippen LogP contribution >= 0.6 is 0 Å². The van der Waals surface area contributed by atoms with E-state index in [4.69, 9.17) is 9.84 Å². The molecule has 0 aliphatic carbocycles. The molecule has 5 heteroatoms. The summed E-state index contributed by atoms with van der Waals surface area (Å²) >= 11 is 0. The van der Waals surface area contributed by atoms with Crippen molar-refractivity contribution in [2.75, 3.05) is 20.2 Å². The Morgan fingerprint density at radius 1 is 1.53 bits per heavy atom. The zero-order chi connectivity index (χ0) is 12.8. The number of likely N-dealkylation sites (N-methyl/N-ethyl adjacent to an activating group) is 1. The van der Waals surface area contributed by atoms with E-state index < -0.39 is 0 Å². The van der Waals surface area contributed by atoms with Crippen LogP contribution < -0.4 is 4.74 Å². The summed E-state index contributed by atoms with van der Waals surface area (Å²) in [5.74, 6) is 0.355. The third-order valence-corrected chi connectivity index (χ3v) is 2.47. The fraction of sp³-hybridized carbons (Fsp3) is 0.500. The molecule has 1 rings (SSSR count). The summed E-state index contributed by atoms with van der Waals surface area (Å²) < 4.78 is 5.35. The standard InChI is InChI=1S/C12H18N2O3/c1-4-14(3)12(16)8-17-11-6-5-9(2)13-10(11)7-15/h5-6,15H,4,7-8H2,1-3H3. The van der Waals surface area contributed by atoms with Crippen LogP contribution in [0.3, 0.4) is 0 Å². The van der Waals surface area contributed by atoms with Gasteiger partial charge in [0.25, 0.3) is 5.91 Å². The molecule has 94 valence electrons. The number of amides is 1. The number of ether oxygens (including phenoxy) is 1. The predicted molar refractivity (Wildman–Crippen MR) is 63.7 cm³/mol. The molecule has 0 spiro atoms. The monoisotopic (exact) mass is 238 g/mol. The lowest BCUT2D eigenvalue weighted by atomic mass is 10.3. The van der Waals surface area contributed by atoms with Crippen molar-refractivity contribution in [3.8, 4) is 5.75 Å². The molecule has 1 heterocycles. The molecule has 1 aromatic heterocycles. The maximum Gasteiger partial charge on any atom is 0.260 e. The third kappa shape index (κ3) is 3.71. The molecule has 1 N–H and O–H groups in total. The fourth-order valence-electron chi connectivity index (χ4n) is 1.27. The maximum absolute atomic E-state index is 11.5. The average molecular weight is 238 g/mol. The van der Waals surface area contributed by atoms with Crippen molar-refractivity contribution in [2.45, 2.75) is 20.5 Å². The highest BCUT2D eigenvalue weighted by Crippen LogP contribution is 2.16. The van der Waals surface area contributed by atoms with E-state index in [1.807, 2.05) is 13.8 Å².